The Morgan fingerprint density at radius 1 is 0.465 bits per heavy atom. The number of hydrogen-bond acceptors (Lipinski definition) is 23. The van der Waals surface area contributed by atoms with E-state index in [0.29, 0.717) is 102 Å². The number of anilines is 4. The second-order valence-corrected chi connectivity index (χ2v) is 40.4. The number of urea groups is 4. The number of sulfonamides is 4. The van der Waals surface area contributed by atoms with Crippen LogP contribution in [0.2, 0.25) is 0 Å². The molecule has 8 amide bonds. The van der Waals surface area contributed by atoms with Crippen molar-refractivity contribution in [3.8, 4) is 28.1 Å². The number of nitrogens with zero attached hydrogens (tertiary/aromatic N) is 14. The topological polar surface area (TPSA) is 420 Å². The number of methoxy groups -OCH3 is 1. The van der Waals surface area contributed by atoms with Crippen LogP contribution in [0.5, 0.6) is 5.88 Å². The van der Waals surface area contributed by atoms with Crippen molar-refractivity contribution in [2.75, 3.05) is 110 Å². The van der Waals surface area contributed by atoms with Gasteiger partial charge in [-0.15, -0.1) is 0 Å². The smallest absolute Gasteiger partial charge is 0.333 e. The van der Waals surface area contributed by atoms with Gasteiger partial charge in [0.2, 0.25) is 5.88 Å². The lowest BCUT2D eigenvalue weighted by atomic mass is 9.94. The number of halogens is 2. The number of pyridine rings is 2. The molecule has 0 spiro atoms. The van der Waals surface area contributed by atoms with Crippen molar-refractivity contribution in [3.63, 3.8) is 0 Å². The number of aromatic nitrogens is 10. The minimum Gasteiger partial charge on any atom is -0.481 e. The van der Waals surface area contributed by atoms with Gasteiger partial charge < -0.3 is 45.6 Å². The first-order valence-electron chi connectivity index (χ1n) is 43.0. The van der Waals surface area contributed by atoms with E-state index in [9.17, 15) is 61.6 Å². The zero-order valence-corrected chi connectivity index (χ0v) is 77.3. The number of benzene rings is 4. The fraction of sp³-hybridized carbons (Fsp3) is 0.432. The van der Waals surface area contributed by atoms with Crippen LogP contribution in [0.25, 0.3) is 22.3 Å². The van der Waals surface area contributed by atoms with Crippen LogP contribution in [0.15, 0.2) is 142 Å². The van der Waals surface area contributed by atoms with Crippen molar-refractivity contribution < 1.29 is 66.4 Å². The van der Waals surface area contributed by atoms with E-state index >= 15 is 0 Å². The number of carbonyl (C=O) groups excluding carboxylic acids is 4. The van der Waals surface area contributed by atoms with Gasteiger partial charge in [0.15, 0.2) is 20.1 Å². The number of hydrogen-bond donors (Lipinski definition) is 8. The van der Waals surface area contributed by atoms with Gasteiger partial charge in [-0.25, -0.2) is 51.8 Å². The number of ether oxygens (including phenoxy) is 1. The number of amides is 8. The molecule has 1 aliphatic heterocycles. The molecule has 129 heavy (non-hydrogen) atoms. The zero-order valence-electron chi connectivity index (χ0n) is 74.0. The Hall–Kier alpha value is -11.6. The Bertz CT molecular complexity index is 6190. The molecule has 1 fully saturated rings. The molecule has 0 saturated carbocycles. The molecule has 41 heteroatoms. The molecule has 0 bridgehead atoms. The molecule has 1 saturated heterocycles. The van der Waals surface area contributed by atoms with Gasteiger partial charge in [-0.05, 0) is 312 Å². The van der Waals surface area contributed by atoms with Crippen LogP contribution in [-0.2, 0) is 124 Å². The molecule has 4 aromatic carbocycles. The summed E-state index contributed by atoms with van der Waals surface area (Å²) in [5.74, 6) is -0.661. The molecule has 10 aromatic rings. The van der Waals surface area contributed by atoms with Crippen LogP contribution >= 0.6 is 0 Å². The third-order valence-corrected chi connectivity index (χ3v) is 28.2. The fourth-order valence-electron chi connectivity index (χ4n) is 16.9. The van der Waals surface area contributed by atoms with E-state index in [-0.39, 0.29) is 37.9 Å². The van der Waals surface area contributed by atoms with Gasteiger partial charge in [0.25, 0.3) is 40.1 Å². The molecule has 690 valence electrons. The lowest BCUT2D eigenvalue weighted by Gasteiger charge is -2.28. The number of fused-ring (bicyclic) bond motifs is 5. The largest absolute Gasteiger partial charge is 0.481 e. The summed E-state index contributed by atoms with van der Waals surface area (Å²) in [5.41, 5.74) is 15.8. The first kappa shape index (κ1) is 95.0. The summed E-state index contributed by atoms with van der Waals surface area (Å²) in [4.78, 5) is 67.2. The molecule has 35 nitrogen and oxygen atoms in total. The van der Waals surface area contributed by atoms with E-state index in [4.69, 9.17) is 4.74 Å². The van der Waals surface area contributed by atoms with Crippen molar-refractivity contribution in [2.45, 2.75) is 181 Å². The predicted octanol–water partition coefficient (Wildman–Crippen LogP) is 10.9. The van der Waals surface area contributed by atoms with E-state index in [2.05, 4.69) is 90.1 Å². The first-order valence-corrected chi connectivity index (χ1v) is 49.0. The van der Waals surface area contributed by atoms with Crippen LogP contribution < -0.4 is 44.9 Å². The van der Waals surface area contributed by atoms with Gasteiger partial charge in [0.05, 0.1) is 37.6 Å². The van der Waals surface area contributed by atoms with Crippen LogP contribution in [0.3, 0.4) is 0 Å². The number of carbonyl (C=O) groups is 4. The average molecular weight is 1850 g/mol. The SMILES string of the molecule is CC(C)c1cc(F)cc(-c2cccnc2)c1NC(=O)NS(=O)(=O)c1ccn(CCN(C)C)n1.CN(C)CCCn1ccc(S(=O)(=O)NC(=O)Nc2c3c(cc4c2CCC4)CCC3)n1.CN1CCC(n2ccc(S(=O)(=O)NC(=O)Nc3c4c(cc5c3CCC5)CCC4)n2)CC1.COc1cc(-c2cc(F)c3c(c2NC(=O)NS(=O)(=O)c2ccn(CCN(C)C)n2)CCC3)ccn1. The lowest BCUT2D eigenvalue weighted by Crippen LogP contribution is -2.35. The van der Waals surface area contributed by atoms with E-state index in [0.717, 1.165) is 145 Å². The standard InChI is InChI=1S/C23H27FN6O4S.C22H27FN6O3S.C22H29N5O3S.C21H29N5O3S/c1-29(2)11-12-30-10-8-21(27-30)35(32,33)28-23(31)26-22-17-6-4-5-16(17)19(24)14-18(22)15-7-9-25-20(13-15)34-3;1-15(2)18-12-17(23)13-19(16-6-5-8-24-14-16)21(18)25-22(30)27-33(31,32)20-7-9-29(26-20)11-10-28(3)4;1-26-11-8-17(9-12-26)27-13-10-20(24-27)31(29,30)25-22(28)23-21-18-6-2-4-15(18)14-16-5-3-7-19(16)21;1-25(2)11-5-12-26-13-10-19(23-26)30(28,29)24-21(27)22-20-17-8-3-6-15(17)14-16-7-4-9-18(16)20/h7-10,13-14H,4-6,11-12H2,1-3H3,(H2,26,28,31);5-9,12-15H,10-11H2,1-4H3,(H2,25,27,30);10,13-14,17H,2-9,11-12H2,1H3,(H2,23,25,28);10,13-14H,3-9,11-12H2,1-2H3,(H2,22,24,27). The van der Waals surface area contributed by atoms with E-state index in [1.54, 1.807) is 58.4 Å². The molecular weight excluding hydrogens is 1740 g/mol. The van der Waals surface area contributed by atoms with E-state index in [1.165, 1.54) is 111 Å². The molecule has 7 heterocycles. The summed E-state index contributed by atoms with van der Waals surface area (Å²) in [5, 5.41) is 26.7. The van der Waals surface area contributed by atoms with Gasteiger partial charge in [0.1, 0.15) is 11.6 Å². The summed E-state index contributed by atoms with van der Waals surface area (Å²) in [7, 11) is -1.40. The summed E-state index contributed by atoms with van der Waals surface area (Å²) in [6.45, 7) is 9.45. The molecule has 0 atom stereocenters. The monoisotopic (exact) mass is 1850 g/mol. The lowest BCUT2D eigenvalue weighted by molar-refractivity contribution is 0.211. The number of nitrogens with one attached hydrogen (secondary N) is 8. The van der Waals surface area contributed by atoms with Crippen LogP contribution in [-0.4, -0.2) is 216 Å². The van der Waals surface area contributed by atoms with Crippen LogP contribution in [0.1, 0.15) is 138 Å². The van der Waals surface area contributed by atoms with Gasteiger partial charge in [-0.1, -0.05) is 32.0 Å². The molecule has 8 N–H and O–H groups in total. The van der Waals surface area contributed by atoms with Crippen molar-refractivity contribution in [2.24, 2.45) is 0 Å². The van der Waals surface area contributed by atoms with Gasteiger partial charge in [-0.2, -0.15) is 54.1 Å². The minimum absolute atomic E-state index is 0.120. The Kier molecular flexibility index (Phi) is 30.5. The predicted molar refractivity (Wildman–Crippen MR) is 485 cm³/mol. The van der Waals surface area contributed by atoms with Gasteiger partial charge >= 0.3 is 24.1 Å². The minimum atomic E-state index is -4.22. The van der Waals surface area contributed by atoms with Crippen molar-refractivity contribution in [1.82, 2.24) is 87.6 Å². The maximum absolute atomic E-state index is 14.9. The summed E-state index contributed by atoms with van der Waals surface area (Å²) in [6, 6.07) is 17.5. The molecule has 6 aromatic heterocycles. The highest BCUT2D eigenvalue weighted by molar-refractivity contribution is 7.90. The third kappa shape index (κ3) is 23.9. The van der Waals surface area contributed by atoms with Gasteiger partial charge in [-0.3, -0.25) is 23.7 Å². The maximum atomic E-state index is 14.9. The normalized spacial score (nSPS) is 14.7. The molecular formula is C88H112F2N22O13S4. The molecule has 5 aliphatic carbocycles. The average Bonchev–Trinajstić information content (AvgIpc) is 1.70. The Morgan fingerprint density at radius 3 is 1.33 bits per heavy atom. The molecule has 0 radical (unpaired) electrons. The van der Waals surface area contributed by atoms with E-state index in [1.807, 2.05) is 75.4 Å². The highest BCUT2D eigenvalue weighted by Crippen LogP contribution is 2.43. The van der Waals surface area contributed by atoms with Crippen LogP contribution in [0.4, 0.5) is 50.7 Å². The van der Waals surface area contributed by atoms with Crippen molar-refractivity contribution in [3.05, 3.63) is 195 Å². The van der Waals surface area contributed by atoms with Gasteiger partial charge in [0, 0.05) is 97.1 Å². The molecule has 0 unspecified atom stereocenters. The second-order valence-electron chi connectivity index (χ2n) is 33.9. The highest BCUT2D eigenvalue weighted by Gasteiger charge is 2.34. The number of rotatable bonds is 27. The summed E-state index contributed by atoms with van der Waals surface area (Å²) < 4.78 is 151. The van der Waals surface area contributed by atoms with E-state index < -0.39 is 70.0 Å². The Balaban J connectivity index is 0.000000147. The van der Waals surface area contributed by atoms with Crippen LogP contribution in [0, 0.1) is 11.6 Å². The summed E-state index contributed by atoms with van der Waals surface area (Å²) in [6.07, 6.45) is 27.6. The second kappa shape index (κ2) is 41.4. The highest BCUT2D eigenvalue weighted by atomic mass is 32.2. The number of aryl methyl sites for hydroxylation is 5. The first-order chi connectivity index (χ1) is 61.5. The third-order valence-electron chi connectivity index (χ3n) is 23.3. The summed E-state index contributed by atoms with van der Waals surface area (Å²) >= 11 is 0. The van der Waals surface area contributed by atoms with Crippen molar-refractivity contribution in [1.29, 1.82) is 0 Å². The Labute approximate surface area is 751 Å². The number of likely N-dealkylation sites (N-methyl/N-ethyl adjacent to an activating group) is 2. The zero-order chi connectivity index (χ0) is 92.2. The molecule has 16 rings (SSSR count). The molecule has 6 aliphatic rings. The number of piperidine rings is 1. The van der Waals surface area contributed by atoms with Crippen molar-refractivity contribution >= 4 is 87.0 Å². The number of likely N-dealkylation sites (tertiary alicyclic amines) is 1. The fourth-order valence-corrected chi connectivity index (χ4v) is 20.3. The Morgan fingerprint density at radius 2 is 0.884 bits per heavy atom. The maximum Gasteiger partial charge on any atom is 0.333 e. The quantitative estimate of drug-likeness (QED) is 0.0237.